The van der Waals surface area contributed by atoms with Gasteiger partial charge in [0, 0.05) is 38.7 Å². The van der Waals surface area contributed by atoms with Crippen molar-refractivity contribution in [2.75, 3.05) is 18.0 Å². The van der Waals surface area contributed by atoms with Gasteiger partial charge in [0.25, 0.3) is 0 Å². The van der Waals surface area contributed by atoms with Crippen LogP contribution in [0.1, 0.15) is 59.4 Å². The normalized spacial score (nSPS) is 23.8. The number of carbonyl (C=O) groups is 3. The van der Waals surface area contributed by atoms with Gasteiger partial charge < -0.3 is 9.64 Å². The molecule has 1 aromatic heterocycles. The van der Waals surface area contributed by atoms with Gasteiger partial charge in [-0.05, 0) is 63.6 Å². The minimum Gasteiger partial charge on any atom is -0.460 e. The molecular weight excluding hydrogens is 436 g/mol. The molecule has 1 unspecified atom stereocenters. The van der Waals surface area contributed by atoms with E-state index in [1.807, 2.05) is 39.0 Å². The molecule has 0 saturated carbocycles. The monoisotopic (exact) mass is 470 g/mol. The van der Waals surface area contributed by atoms with E-state index in [9.17, 15) is 19.2 Å². The molecule has 1 N–H and O–H groups in total. The lowest BCUT2D eigenvalue weighted by Crippen LogP contribution is -2.44. The Kier molecular flexibility index (Phi) is 6.31. The van der Waals surface area contributed by atoms with E-state index in [0.29, 0.717) is 24.3 Å². The Labute approximate surface area is 199 Å². The van der Waals surface area contributed by atoms with Crippen molar-refractivity contribution >= 4 is 34.5 Å². The zero-order chi connectivity index (χ0) is 24.8. The molecule has 2 fully saturated rings. The van der Waals surface area contributed by atoms with Crippen molar-refractivity contribution in [2.45, 2.75) is 65.0 Å². The molecule has 3 atom stereocenters. The smallest absolute Gasteiger partial charge is 0.329 e. The van der Waals surface area contributed by atoms with E-state index in [4.69, 9.17) is 4.74 Å². The topological polar surface area (TPSA) is 103 Å². The molecule has 2 saturated heterocycles. The SMILES string of the molecule is C[C@@H]1CN(c2ccc3c(c2)n(C)c(=O)n3C2CCC(=O)NC2=O)CC[C@@H]1CC(=O)OC(C)(C)C. The highest BCUT2D eigenvalue weighted by molar-refractivity contribution is 6.00. The highest BCUT2D eigenvalue weighted by Gasteiger charge is 2.32. The minimum atomic E-state index is -0.691. The summed E-state index contributed by atoms with van der Waals surface area (Å²) in [6.07, 6.45) is 1.84. The number of nitrogens with one attached hydrogen (secondary N) is 1. The number of imide groups is 1. The van der Waals surface area contributed by atoms with Crippen LogP contribution >= 0.6 is 0 Å². The lowest BCUT2D eigenvalue weighted by Gasteiger charge is -2.38. The van der Waals surface area contributed by atoms with E-state index >= 15 is 0 Å². The largest absolute Gasteiger partial charge is 0.460 e. The van der Waals surface area contributed by atoms with Crippen LogP contribution in [0.4, 0.5) is 5.69 Å². The number of fused-ring (bicyclic) bond motifs is 1. The first-order valence-electron chi connectivity index (χ1n) is 12.0. The maximum absolute atomic E-state index is 13.0. The first kappa shape index (κ1) is 24.0. The van der Waals surface area contributed by atoms with E-state index < -0.39 is 17.6 Å². The summed E-state index contributed by atoms with van der Waals surface area (Å²) in [6, 6.07) is 5.15. The molecular formula is C25H34N4O5. The number of imidazole rings is 1. The van der Waals surface area contributed by atoms with Crippen LogP contribution in [0.2, 0.25) is 0 Å². The second-order valence-electron chi connectivity index (χ2n) is 10.6. The van der Waals surface area contributed by atoms with Gasteiger partial charge in [0.2, 0.25) is 11.8 Å². The summed E-state index contributed by atoms with van der Waals surface area (Å²) < 4.78 is 8.56. The van der Waals surface area contributed by atoms with Crippen molar-refractivity contribution in [1.82, 2.24) is 14.5 Å². The van der Waals surface area contributed by atoms with Crippen LogP contribution in [-0.4, -0.2) is 45.6 Å². The molecule has 0 radical (unpaired) electrons. The third kappa shape index (κ3) is 4.74. The van der Waals surface area contributed by atoms with Gasteiger partial charge in [-0.2, -0.15) is 0 Å². The second-order valence-corrected chi connectivity index (χ2v) is 10.6. The predicted molar refractivity (Wildman–Crippen MR) is 129 cm³/mol. The highest BCUT2D eigenvalue weighted by Crippen LogP contribution is 2.32. The fraction of sp³-hybridized carbons (Fsp3) is 0.600. The van der Waals surface area contributed by atoms with Crippen molar-refractivity contribution < 1.29 is 19.1 Å². The predicted octanol–water partition coefficient (Wildman–Crippen LogP) is 2.51. The number of esters is 1. The fourth-order valence-corrected chi connectivity index (χ4v) is 5.11. The molecule has 9 heteroatoms. The molecule has 0 aliphatic carbocycles. The van der Waals surface area contributed by atoms with Crippen LogP contribution in [0.5, 0.6) is 0 Å². The van der Waals surface area contributed by atoms with E-state index in [2.05, 4.69) is 17.1 Å². The third-order valence-corrected chi connectivity index (χ3v) is 6.89. The van der Waals surface area contributed by atoms with Crippen molar-refractivity contribution in [2.24, 2.45) is 18.9 Å². The summed E-state index contributed by atoms with van der Waals surface area (Å²) in [5, 5.41) is 2.34. The number of nitrogens with zero attached hydrogens (tertiary/aromatic N) is 3. The molecule has 4 rings (SSSR count). The zero-order valence-electron chi connectivity index (χ0n) is 20.6. The Bertz CT molecular complexity index is 1190. The Morgan fingerprint density at radius 2 is 1.88 bits per heavy atom. The fourth-order valence-electron chi connectivity index (χ4n) is 5.11. The van der Waals surface area contributed by atoms with Crippen LogP contribution in [0.25, 0.3) is 11.0 Å². The lowest BCUT2D eigenvalue weighted by atomic mass is 9.84. The highest BCUT2D eigenvalue weighted by atomic mass is 16.6. The van der Waals surface area contributed by atoms with Crippen LogP contribution in [0, 0.1) is 11.8 Å². The molecule has 0 bridgehead atoms. The summed E-state index contributed by atoms with van der Waals surface area (Å²) in [5.41, 5.74) is 1.68. The number of ether oxygens (including phenoxy) is 1. The Hall–Kier alpha value is -3.10. The van der Waals surface area contributed by atoms with Crippen LogP contribution in [0.15, 0.2) is 23.0 Å². The molecule has 1 aromatic carbocycles. The Morgan fingerprint density at radius 3 is 2.53 bits per heavy atom. The third-order valence-electron chi connectivity index (χ3n) is 6.89. The number of hydrogen-bond donors (Lipinski definition) is 1. The molecule has 34 heavy (non-hydrogen) atoms. The van der Waals surface area contributed by atoms with Gasteiger partial charge in [0.15, 0.2) is 0 Å². The van der Waals surface area contributed by atoms with E-state index in [0.717, 1.165) is 30.7 Å². The van der Waals surface area contributed by atoms with Crippen LogP contribution in [0.3, 0.4) is 0 Å². The summed E-state index contributed by atoms with van der Waals surface area (Å²) in [7, 11) is 1.70. The van der Waals surface area contributed by atoms with Crippen molar-refractivity contribution in [3.8, 4) is 0 Å². The van der Waals surface area contributed by atoms with Crippen LogP contribution < -0.4 is 15.9 Å². The number of amides is 2. The summed E-state index contributed by atoms with van der Waals surface area (Å²) in [6.45, 7) is 9.43. The van der Waals surface area contributed by atoms with Gasteiger partial charge in [0.1, 0.15) is 11.6 Å². The molecule has 9 nitrogen and oxygen atoms in total. The molecule has 2 aromatic rings. The molecule has 0 spiro atoms. The Balaban J connectivity index is 1.52. The van der Waals surface area contributed by atoms with Crippen molar-refractivity contribution in [3.05, 3.63) is 28.7 Å². The first-order valence-corrected chi connectivity index (χ1v) is 12.0. The van der Waals surface area contributed by atoms with E-state index in [-0.39, 0.29) is 29.9 Å². The number of carbonyl (C=O) groups excluding carboxylic acids is 3. The number of hydrogen-bond acceptors (Lipinski definition) is 6. The molecule has 2 amide bonds. The quantitative estimate of drug-likeness (QED) is 0.544. The summed E-state index contributed by atoms with van der Waals surface area (Å²) in [5.74, 6) is -0.303. The van der Waals surface area contributed by atoms with Gasteiger partial charge in [0.05, 0.1) is 11.0 Å². The number of aryl methyl sites for hydroxylation is 1. The number of piperidine rings is 2. The average Bonchev–Trinajstić information content (AvgIpc) is 2.98. The maximum atomic E-state index is 13.0. The van der Waals surface area contributed by atoms with E-state index in [1.165, 1.54) is 4.57 Å². The molecule has 184 valence electrons. The van der Waals surface area contributed by atoms with Crippen molar-refractivity contribution in [3.63, 3.8) is 0 Å². The standard InChI is InChI=1S/C25H34N4O5/c1-15-14-28(11-10-16(15)12-22(31)34-25(2,3)4)17-6-7-18-20(13-17)27(5)24(33)29(18)19-8-9-21(30)26-23(19)32/h6-7,13,15-16,19H,8-12,14H2,1-5H3,(H,26,30,32)/t15-,16-,19?/m1/s1. The summed E-state index contributed by atoms with van der Waals surface area (Å²) >= 11 is 0. The lowest BCUT2D eigenvalue weighted by molar-refractivity contribution is -0.156. The zero-order valence-corrected chi connectivity index (χ0v) is 20.6. The van der Waals surface area contributed by atoms with E-state index in [1.54, 1.807) is 11.6 Å². The maximum Gasteiger partial charge on any atom is 0.329 e. The van der Waals surface area contributed by atoms with Gasteiger partial charge >= 0.3 is 11.7 Å². The molecule has 2 aliphatic rings. The first-order chi connectivity index (χ1) is 15.9. The number of rotatable bonds is 4. The van der Waals surface area contributed by atoms with Gasteiger partial charge in [-0.25, -0.2) is 4.79 Å². The van der Waals surface area contributed by atoms with Gasteiger partial charge in [-0.3, -0.25) is 28.8 Å². The molecule has 2 aliphatic heterocycles. The van der Waals surface area contributed by atoms with Crippen molar-refractivity contribution in [1.29, 1.82) is 0 Å². The molecule has 3 heterocycles. The van der Waals surface area contributed by atoms with Gasteiger partial charge in [-0.15, -0.1) is 0 Å². The number of benzene rings is 1. The Morgan fingerprint density at radius 1 is 1.15 bits per heavy atom. The average molecular weight is 471 g/mol. The number of aromatic nitrogens is 2. The summed E-state index contributed by atoms with van der Waals surface area (Å²) in [4.78, 5) is 51.5. The van der Waals surface area contributed by atoms with Crippen LogP contribution in [-0.2, 0) is 26.2 Å². The van der Waals surface area contributed by atoms with Gasteiger partial charge in [-0.1, -0.05) is 6.92 Å². The number of anilines is 1. The second kappa shape index (κ2) is 8.92. The minimum absolute atomic E-state index is 0.149.